The zero-order valence-corrected chi connectivity index (χ0v) is 11.2. The minimum atomic E-state index is -0.406. The van der Waals surface area contributed by atoms with E-state index in [2.05, 4.69) is 15.5 Å². The van der Waals surface area contributed by atoms with Gasteiger partial charge in [0, 0.05) is 25.8 Å². The third-order valence-corrected chi connectivity index (χ3v) is 3.30. The Balaban J connectivity index is 2.20. The van der Waals surface area contributed by atoms with Crippen molar-refractivity contribution < 1.29 is 9.34 Å². The number of rotatable bonds is 5. The van der Waals surface area contributed by atoms with Gasteiger partial charge in [-0.3, -0.25) is 10.1 Å². The van der Waals surface area contributed by atoms with E-state index in [0.717, 1.165) is 5.56 Å². The van der Waals surface area contributed by atoms with E-state index in [0.29, 0.717) is 22.6 Å². The zero-order chi connectivity index (χ0) is 13.8. The molecule has 1 heterocycles. The summed E-state index contributed by atoms with van der Waals surface area (Å²) in [6.45, 7) is 1.71. The Hall–Kier alpha value is -2.09. The van der Waals surface area contributed by atoms with Crippen molar-refractivity contribution in [3.8, 4) is 0 Å². The van der Waals surface area contributed by atoms with Crippen LogP contribution in [0.2, 0.25) is 0 Å². The lowest BCUT2D eigenvalue weighted by molar-refractivity contribution is -0.384. The third-order valence-electron chi connectivity index (χ3n) is 2.43. The average Bonchev–Trinajstić information content (AvgIpc) is 2.81. The van der Waals surface area contributed by atoms with Crippen LogP contribution in [0, 0.1) is 17.0 Å². The molecule has 0 fully saturated rings. The molecule has 100 valence electrons. The van der Waals surface area contributed by atoms with Gasteiger partial charge in [-0.2, -0.15) is 0 Å². The van der Waals surface area contributed by atoms with E-state index in [4.69, 9.17) is 4.42 Å². The second kappa shape index (κ2) is 5.70. The summed E-state index contributed by atoms with van der Waals surface area (Å²) in [4.78, 5) is 10.5. The molecule has 0 radical (unpaired) electrons. The molecule has 8 heteroatoms. The molecule has 0 atom stereocenters. The van der Waals surface area contributed by atoms with Gasteiger partial charge < -0.3 is 9.73 Å². The largest absolute Gasteiger partial charge is 0.416 e. The van der Waals surface area contributed by atoms with Gasteiger partial charge in [0.25, 0.3) is 10.9 Å². The van der Waals surface area contributed by atoms with Crippen LogP contribution >= 0.6 is 11.8 Å². The number of hydrogen-bond donors (Lipinski definition) is 1. The number of thioether (sulfide) groups is 1. The first kappa shape index (κ1) is 13.3. The molecule has 1 aromatic carbocycles. The summed E-state index contributed by atoms with van der Waals surface area (Å²) in [5, 5.41) is 21.8. The molecule has 2 rings (SSSR count). The number of benzene rings is 1. The monoisotopic (exact) mass is 280 g/mol. The van der Waals surface area contributed by atoms with Crippen LogP contribution in [-0.4, -0.2) is 22.2 Å². The molecule has 0 amide bonds. The van der Waals surface area contributed by atoms with Crippen molar-refractivity contribution in [1.82, 2.24) is 10.2 Å². The third kappa shape index (κ3) is 3.02. The van der Waals surface area contributed by atoms with Gasteiger partial charge in [0.1, 0.15) is 5.69 Å². The van der Waals surface area contributed by atoms with Gasteiger partial charge in [-0.15, -0.1) is 10.2 Å². The standard InChI is InChI=1S/C11H12N4O3S/c1-7-13-14-11(18-7)19-6-8-4-3-5-9(15(16)17)10(8)12-2/h3-5,12H,6H2,1-2H3. The highest BCUT2D eigenvalue weighted by Crippen LogP contribution is 2.32. The van der Waals surface area contributed by atoms with Gasteiger partial charge in [0.05, 0.1) is 4.92 Å². The van der Waals surface area contributed by atoms with Crippen molar-refractivity contribution in [2.24, 2.45) is 0 Å². The molecule has 0 spiro atoms. The Morgan fingerprint density at radius 3 is 2.84 bits per heavy atom. The van der Waals surface area contributed by atoms with E-state index in [1.165, 1.54) is 17.8 Å². The quantitative estimate of drug-likeness (QED) is 0.511. The molecule has 0 unspecified atom stereocenters. The van der Waals surface area contributed by atoms with Gasteiger partial charge >= 0.3 is 0 Å². The minimum absolute atomic E-state index is 0.0577. The first-order valence-electron chi connectivity index (χ1n) is 5.48. The van der Waals surface area contributed by atoms with Gasteiger partial charge in [-0.05, 0) is 5.56 Å². The Labute approximate surface area is 113 Å². The van der Waals surface area contributed by atoms with Crippen LogP contribution in [-0.2, 0) is 5.75 Å². The summed E-state index contributed by atoms with van der Waals surface area (Å²) in [5.41, 5.74) is 1.39. The Morgan fingerprint density at radius 1 is 1.47 bits per heavy atom. The summed E-state index contributed by atoms with van der Waals surface area (Å²) in [6, 6.07) is 4.96. The maximum atomic E-state index is 10.9. The summed E-state index contributed by atoms with van der Waals surface area (Å²) in [5.74, 6) is 1.01. The number of para-hydroxylation sites is 1. The number of aromatic nitrogens is 2. The Kier molecular flexibility index (Phi) is 4.00. The fourth-order valence-electron chi connectivity index (χ4n) is 1.62. The highest BCUT2D eigenvalue weighted by atomic mass is 32.2. The van der Waals surface area contributed by atoms with Gasteiger partial charge in [0.2, 0.25) is 5.89 Å². The van der Waals surface area contributed by atoms with Crippen molar-refractivity contribution in [3.63, 3.8) is 0 Å². The van der Waals surface area contributed by atoms with Crippen molar-refractivity contribution in [2.45, 2.75) is 17.9 Å². The number of anilines is 1. The molecule has 7 nitrogen and oxygen atoms in total. The molecular weight excluding hydrogens is 268 g/mol. The van der Waals surface area contributed by atoms with Crippen LogP contribution in [0.3, 0.4) is 0 Å². The molecular formula is C11H12N4O3S. The second-order valence-electron chi connectivity index (χ2n) is 3.69. The number of aryl methyl sites for hydroxylation is 1. The minimum Gasteiger partial charge on any atom is -0.416 e. The number of hydrogen-bond acceptors (Lipinski definition) is 7. The molecule has 0 saturated heterocycles. The summed E-state index contributed by atoms with van der Waals surface area (Å²) >= 11 is 1.34. The predicted molar refractivity (Wildman–Crippen MR) is 71.2 cm³/mol. The van der Waals surface area contributed by atoms with Crippen LogP contribution in [0.1, 0.15) is 11.5 Å². The number of nitro benzene ring substituents is 1. The van der Waals surface area contributed by atoms with Crippen LogP contribution in [0.5, 0.6) is 0 Å². The maximum absolute atomic E-state index is 10.9. The fourth-order valence-corrected chi connectivity index (χ4v) is 2.42. The van der Waals surface area contributed by atoms with E-state index in [-0.39, 0.29) is 5.69 Å². The highest BCUT2D eigenvalue weighted by Gasteiger charge is 2.16. The lowest BCUT2D eigenvalue weighted by Crippen LogP contribution is -2.00. The average molecular weight is 280 g/mol. The molecule has 1 aromatic heterocycles. The van der Waals surface area contributed by atoms with E-state index < -0.39 is 4.92 Å². The molecule has 1 N–H and O–H groups in total. The number of nitrogens with one attached hydrogen (secondary N) is 1. The normalized spacial score (nSPS) is 10.4. The molecule has 0 aliphatic carbocycles. The first-order chi connectivity index (χ1) is 9.11. The Morgan fingerprint density at radius 2 is 2.26 bits per heavy atom. The summed E-state index contributed by atoms with van der Waals surface area (Å²) in [7, 11) is 1.66. The molecule has 0 aliphatic rings. The molecule has 0 bridgehead atoms. The van der Waals surface area contributed by atoms with Crippen LogP contribution < -0.4 is 5.32 Å². The van der Waals surface area contributed by atoms with Crippen LogP contribution in [0.15, 0.2) is 27.8 Å². The predicted octanol–water partition coefficient (Wildman–Crippen LogP) is 2.62. The molecule has 0 aliphatic heterocycles. The van der Waals surface area contributed by atoms with Crippen LogP contribution in [0.4, 0.5) is 11.4 Å². The maximum Gasteiger partial charge on any atom is 0.292 e. The van der Waals surface area contributed by atoms with E-state index in [1.54, 1.807) is 20.0 Å². The second-order valence-corrected chi connectivity index (χ2v) is 4.62. The van der Waals surface area contributed by atoms with Gasteiger partial charge in [-0.25, -0.2) is 0 Å². The van der Waals surface area contributed by atoms with Crippen molar-refractivity contribution in [3.05, 3.63) is 39.8 Å². The van der Waals surface area contributed by atoms with Crippen molar-refractivity contribution >= 4 is 23.1 Å². The molecule has 2 aromatic rings. The first-order valence-corrected chi connectivity index (χ1v) is 6.47. The van der Waals surface area contributed by atoms with Gasteiger partial charge in [0.15, 0.2) is 0 Å². The zero-order valence-electron chi connectivity index (χ0n) is 10.4. The van der Waals surface area contributed by atoms with E-state index in [9.17, 15) is 10.1 Å². The van der Waals surface area contributed by atoms with Crippen LogP contribution in [0.25, 0.3) is 0 Å². The van der Waals surface area contributed by atoms with Crippen molar-refractivity contribution in [2.75, 3.05) is 12.4 Å². The van der Waals surface area contributed by atoms with Gasteiger partial charge in [-0.1, -0.05) is 23.9 Å². The lowest BCUT2D eigenvalue weighted by Gasteiger charge is -2.07. The lowest BCUT2D eigenvalue weighted by atomic mass is 10.1. The van der Waals surface area contributed by atoms with E-state index in [1.807, 2.05) is 6.07 Å². The smallest absolute Gasteiger partial charge is 0.292 e. The SMILES string of the molecule is CNc1c(CSc2nnc(C)o2)cccc1[N+](=O)[O-]. The number of nitrogens with zero attached hydrogens (tertiary/aromatic N) is 3. The summed E-state index contributed by atoms with van der Waals surface area (Å²) < 4.78 is 5.24. The Bertz CT molecular complexity index is 599. The highest BCUT2D eigenvalue weighted by molar-refractivity contribution is 7.98. The molecule has 19 heavy (non-hydrogen) atoms. The fraction of sp³-hybridized carbons (Fsp3) is 0.273. The van der Waals surface area contributed by atoms with Crippen molar-refractivity contribution in [1.29, 1.82) is 0 Å². The van der Waals surface area contributed by atoms with E-state index >= 15 is 0 Å². The molecule has 0 saturated carbocycles. The number of nitro groups is 1. The summed E-state index contributed by atoms with van der Waals surface area (Å²) in [6.07, 6.45) is 0. The topological polar surface area (TPSA) is 94.1 Å².